The van der Waals surface area contributed by atoms with Crippen molar-refractivity contribution in [1.29, 1.82) is 0 Å². The van der Waals surface area contributed by atoms with Crippen molar-refractivity contribution in [1.82, 2.24) is 19.6 Å². The zero-order valence-electron chi connectivity index (χ0n) is 10.9. The molecule has 8 nitrogen and oxygen atoms in total. The highest BCUT2D eigenvalue weighted by Gasteiger charge is 2.16. The smallest absolute Gasteiger partial charge is 0.269 e. The van der Waals surface area contributed by atoms with Crippen LogP contribution in [-0.4, -0.2) is 31.4 Å². The standard InChI is InChI=1S/C11H13BrN6O2/c1-6-7(12)3-15-18(6)5-9(19)16-8-4-14-17(2)10(8)11(13)20/h3-4H,5H2,1-2H3,(H2,13,20)(H,16,19). The van der Waals surface area contributed by atoms with Gasteiger partial charge in [0.2, 0.25) is 5.91 Å². The average molecular weight is 341 g/mol. The third kappa shape index (κ3) is 2.72. The van der Waals surface area contributed by atoms with Crippen LogP contribution in [0.2, 0.25) is 0 Å². The first kappa shape index (κ1) is 14.3. The molecule has 0 fully saturated rings. The van der Waals surface area contributed by atoms with Gasteiger partial charge in [-0.1, -0.05) is 0 Å². The predicted octanol–water partition coefficient (Wildman–Crippen LogP) is 0.425. The minimum absolute atomic E-state index is 0.0323. The summed E-state index contributed by atoms with van der Waals surface area (Å²) < 4.78 is 3.68. The van der Waals surface area contributed by atoms with Gasteiger partial charge >= 0.3 is 0 Å². The van der Waals surface area contributed by atoms with Crippen LogP contribution in [0.3, 0.4) is 0 Å². The van der Waals surface area contributed by atoms with Gasteiger partial charge in [-0.05, 0) is 22.9 Å². The SMILES string of the molecule is Cc1c(Br)cnn1CC(=O)Nc1cnn(C)c1C(N)=O. The Morgan fingerprint density at radius 2 is 2.10 bits per heavy atom. The molecule has 0 spiro atoms. The summed E-state index contributed by atoms with van der Waals surface area (Å²) in [6.45, 7) is 1.87. The summed E-state index contributed by atoms with van der Waals surface area (Å²) in [5.41, 5.74) is 6.51. The maximum Gasteiger partial charge on any atom is 0.269 e. The van der Waals surface area contributed by atoms with Gasteiger partial charge in [0.1, 0.15) is 12.2 Å². The highest BCUT2D eigenvalue weighted by atomic mass is 79.9. The first-order chi connectivity index (χ1) is 9.40. The lowest BCUT2D eigenvalue weighted by Gasteiger charge is -2.06. The average Bonchev–Trinajstić information content (AvgIpc) is 2.87. The van der Waals surface area contributed by atoms with Gasteiger partial charge in [0.15, 0.2) is 0 Å². The number of amides is 2. The molecule has 106 valence electrons. The van der Waals surface area contributed by atoms with Crippen LogP contribution in [0.15, 0.2) is 16.9 Å². The van der Waals surface area contributed by atoms with Crippen molar-refractivity contribution in [2.24, 2.45) is 12.8 Å². The van der Waals surface area contributed by atoms with E-state index in [2.05, 4.69) is 31.4 Å². The van der Waals surface area contributed by atoms with Gasteiger partial charge in [0.25, 0.3) is 5.91 Å². The minimum Gasteiger partial charge on any atom is -0.364 e. The van der Waals surface area contributed by atoms with Crippen LogP contribution >= 0.6 is 15.9 Å². The molecule has 0 aliphatic heterocycles. The van der Waals surface area contributed by atoms with Crippen molar-refractivity contribution in [3.63, 3.8) is 0 Å². The molecule has 0 bridgehead atoms. The number of primary amides is 1. The van der Waals surface area contributed by atoms with Crippen molar-refractivity contribution in [3.05, 3.63) is 28.3 Å². The van der Waals surface area contributed by atoms with Gasteiger partial charge in [0.05, 0.1) is 28.2 Å². The van der Waals surface area contributed by atoms with Crippen LogP contribution in [0.4, 0.5) is 5.69 Å². The van der Waals surface area contributed by atoms with Crippen LogP contribution in [-0.2, 0) is 18.4 Å². The fourth-order valence-corrected chi connectivity index (χ4v) is 2.03. The number of nitrogens with zero attached hydrogens (tertiary/aromatic N) is 4. The second-order valence-electron chi connectivity index (χ2n) is 4.18. The van der Waals surface area contributed by atoms with Crippen molar-refractivity contribution in [2.45, 2.75) is 13.5 Å². The summed E-state index contributed by atoms with van der Waals surface area (Å²) in [5, 5.41) is 10.5. The van der Waals surface area contributed by atoms with Crippen molar-refractivity contribution in [3.8, 4) is 0 Å². The lowest BCUT2D eigenvalue weighted by molar-refractivity contribution is -0.116. The molecule has 2 aromatic rings. The van der Waals surface area contributed by atoms with Crippen LogP contribution in [0.25, 0.3) is 0 Å². The zero-order chi connectivity index (χ0) is 14.9. The summed E-state index contributed by atoms with van der Waals surface area (Å²) in [6, 6.07) is 0. The van der Waals surface area contributed by atoms with Crippen molar-refractivity contribution >= 4 is 33.4 Å². The molecular weight excluding hydrogens is 328 g/mol. The predicted molar refractivity (Wildman–Crippen MR) is 75.0 cm³/mol. The first-order valence-electron chi connectivity index (χ1n) is 5.69. The molecule has 0 aliphatic carbocycles. The number of hydrogen-bond acceptors (Lipinski definition) is 4. The van der Waals surface area contributed by atoms with E-state index in [9.17, 15) is 9.59 Å². The van der Waals surface area contributed by atoms with E-state index in [1.807, 2.05) is 6.92 Å². The fraction of sp³-hybridized carbons (Fsp3) is 0.273. The number of aryl methyl sites for hydroxylation is 1. The molecule has 2 amide bonds. The Kier molecular flexibility index (Phi) is 3.89. The summed E-state index contributed by atoms with van der Waals surface area (Å²) in [6.07, 6.45) is 2.99. The van der Waals surface area contributed by atoms with E-state index in [1.54, 1.807) is 17.9 Å². The Hall–Kier alpha value is -2.16. The van der Waals surface area contributed by atoms with Gasteiger partial charge in [-0.2, -0.15) is 10.2 Å². The molecule has 3 N–H and O–H groups in total. The molecule has 2 heterocycles. The lowest BCUT2D eigenvalue weighted by atomic mass is 10.3. The largest absolute Gasteiger partial charge is 0.364 e. The quantitative estimate of drug-likeness (QED) is 0.840. The van der Waals surface area contributed by atoms with Crippen LogP contribution in [0.5, 0.6) is 0 Å². The molecule has 2 aromatic heterocycles. The second kappa shape index (κ2) is 5.45. The Morgan fingerprint density at radius 1 is 1.40 bits per heavy atom. The van der Waals surface area contributed by atoms with E-state index in [0.717, 1.165) is 10.2 Å². The summed E-state index contributed by atoms with van der Waals surface area (Å²) in [7, 11) is 1.57. The van der Waals surface area contributed by atoms with Crippen LogP contribution < -0.4 is 11.1 Å². The van der Waals surface area contributed by atoms with Crippen LogP contribution in [0, 0.1) is 6.92 Å². The van der Waals surface area contributed by atoms with E-state index in [0.29, 0.717) is 0 Å². The van der Waals surface area contributed by atoms with E-state index >= 15 is 0 Å². The minimum atomic E-state index is -0.654. The van der Waals surface area contributed by atoms with E-state index in [-0.39, 0.29) is 23.8 Å². The second-order valence-corrected chi connectivity index (χ2v) is 5.03. The normalized spacial score (nSPS) is 10.6. The molecule has 2 rings (SSSR count). The van der Waals surface area contributed by atoms with Gasteiger partial charge in [-0.3, -0.25) is 19.0 Å². The number of carbonyl (C=O) groups excluding carboxylic acids is 2. The van der Waals surface area contributed by atoms with E-state index < -0.39 is 5.91 Å². The number of nitrogens with two attached hydrogens (primary N) is 1. The summed E-state index contributed by atoms with van der Waals surface area (Å²) >= 11 is 3.32. The zero-order valence-corrected chi connectivity index (χ0v) is 12.5. The number of rotatable bonds is 4. The molecule has 0 saturated carbocycles. The molecular formula is C11H13BrN6O2. The molecule has 20 heavy (non-hydrogen) atoms. The Labute approximate surface area is 123 Å². The molecule has 0 atom stereocenters. The number of aromatic nitrogens is 4. The molecule has 0 aliphatic rings. The first-order valence-corrected chi connectivity index (χ1v) is 6.49. The van der Waals surface area contributed by atoms with Gasteiger partial charge in [-0.25, -0.2) is 0 Å². The lowest BCUT2D eigenvalue weighted by Crippen LogP contribution is -2.23. The molecule has 0 unspecified atom stereocenters. The topological polar surface area (TPSA) is 108 Å². The highest BCUT2D eigenvalue weighted by Crippen LogP contribution is 2.15. The Morgan fingerprint density at radius 3 is 2.65 bits per heavy atom. The van der Waals surface area contributed by atoms with Crippen molar-refractivity contribution < 1.29 is 9.59 Å². The molecule has 9 heteroatoms. The Balaban J connectivity index is 2.13. The van der Waals surface area contributed by atoms with E-state index in [1.165, 1.54) is 10.9 Å². The third-order valence-corrected chi connectivity index (χ3v) is 3.56. The fourth-order valence-electron chi connectivity index (χ4n) is 1.73. The van der Waals surface area contributed by atoms with Gasteiger partial charge in [0, 0.05) is 7.05 Å². The number of hydrogen-bond donors (Lipinski definition) is 2. The van der Waals surface area contributed by atoms with Crippen molar-refractivity contribution in [2.75, 3.05) is 5.32 Å². The number of nitrogens with one attached hydrogen (secondary N) is 1. The molecule has 0 radical (unpaired) electrons. The van der Waals surface area contributed by atoms with E-state index in [4.69, 9.17) is 5.73 Å². The maximum absolute atomic E-state index is 12.0. The van der Waals surface area contributed by atoms with Gasteiger partial charge < -0.3 is 11.1 Å². The van der Waals surface area contributed by atoms with Gasteiger partial charge in [-0.15, -0.1) is 0 Å². The summed E-state index contributed by atoms with van der Waals surface area (Å²) in [4.78, 5) is 23.2. The molecule has 0 saturated heterocycles. The molecule has 0 aromatic carbocycles. The number of halogens is 1. The summed E-state index contributed by atoms with van der Waals surface area (Å²) in [5.74, 6) is -0.975. The number of anilines is 1. The van der Waals surface area contributed by atoms with Crippen LogP contribution in [0.1, 0.15) is 16.2 Å². The Bertz CT molecular complexity index is 675. The third-order valence-electron chi connectivity index (χ3n) is 2.78. The maximum atomic E-state index is 12.0. The highest BCUT2D eigenvalue weighted by molar-refractivity contribution is 9.10. The number of carbonyl (C=O) groups is 2. The monoisotopic (exact) mass is 340 g/mol.